The minimum absolute atomic E-state index is 0.123. The Bertz CT molecular complexity index is 737. The van der Waals surface area contributed by atoms with E-state index in [0.717, 1.165) is 36.7 Å². The maximum absolute atomic E-state index is 12.1. The van der Waals surface area contributed by atoms with Gasteiger partial charge in [-0.1, -0.05) is 24.6 Å². The minimum Gasteiger partial charge on any atom is -0.465 e. The van der Waals surface area contributed by atoms with E-state index in [4.69, 9.17) is 9.31 Å². The number of carboxylic acid groups (broad SMARTS) is 1. The van der Waals surface area contributed by atoms with Crippen LogP contribution in [0.2, 0.25) is 0 Å². The van der Waals surface area contributed by atoms with Crippen LogP contribution in [0.5, 0.6) is 0 Å². The third-order valence-electron chi connectivity index (χ3n) is 6.47. The smallest absolute Gasteiger partial charge is 0.465 e. The lowest BCUT2D eigenvalue weighted by Crippen LogP contribution is -2.47. The van der Waals surface area contributed by atoms with Crippen molar-refractivity contribution in [3.63, 3.8) is 0 Å². The molecule has 6 heteroatoms. The molecule has 0 radical (unpaired) electrons. The lowest BCUT2D eigenvalue weighted by Gasteiger charge is -2.40. The fourth-order valence-corrected chi connectivity index (χ4v) is 4.26. The van der Waals surface area contributed by atoms with Crippen LogP contribution in [0.3, 0.4) is 0 Å². The number of hydrogen-bond donors (Lipinski definition) is 1. The number of aryl methyl sites for hydroxylation is 1. The Labute approximate surface area is 169 Å². The highest BCUT2D eigenvalue weighted by molar-refractivity contribution is 6.62. The molecule has 1 aromatic rings. The van der Waals surface area contributed by atoms with E-state index >= 15 is 0 Å². The second-order valence-corrected chi connectivity index (χ2v) is 10.1. The molecule has 1 aliphatic heterocycles. The van der Waals surface area contributed by atoms with Crippen molar-refractivity contribution in [3.8, 4) is 0 Å². The molecule has 154 valence electrons. The number of nitrogens with zero attached hydrogens (tertiary/aromatic N) is 1. The summed E-state index contributed by atoms with van der Waals surface area (Å²) in [5, 5.41) is 9.91. The molecule has 0 saturated carbocycles. The van der Waals surface area contributed by atoms with E-state index < -0.39 is 18.8 Å². The summed E-state index contributed by atoms with van der Waals surface area (Å²) in [4.78, 5) is 13.7. The third-order valence-corrected chi connectivity index (χ3v) is 6.47. The van der Waals surface area contributed by atoms with E-state index in [0.29, 0.717) is 0 Å². The number of fused-ring (bicyclic) bond motifs is 1. The van der Waals surface area contributed by atoms with Gasteiger partial charge in [-0.25, -0.2) is 4.79 Å². The first-order valence-corrected chi connectivity index (χ1v) is 10.3. The zero-order chi connectivity index (χ0) is 20.9. The van der Waals surface area contributed by atoms with Crippen molar-refractivity contribution < 1.29 is 19.2 Å². The van der Waals surface area contributed by atoms with Crippen LogP contribution in [0, 0.1) is 0 Å². The van der Waals surface area contributed by atoms with Gasteiger partial charge in [0.2, 0.25) is 0 Å². The lowest BCUT2D eigenvalue weighted by molar-refractivity contribution is 0.00578. The summed E-state index contributed by atoms with van der Waals surface area (Å²) in [5.74, 6) is 0. The molecule has 1 unspecified atom stereocenters. The molecule has 5 nitrogen and oxygen atoms in total. The number of hydrogen-bond acceptors (Lipinski definition) is 3. The van der Waals surface area contributed by atoms with Crippen LogP contribution in [0.1, 0.15) is 84.9 Å². The zero-order valence-electron chi connectivity index (χ0n) is 18.3. The van der Waals surface area contributed by atoms with Crippen LogP contribution >= 0.6 is 0 Å². The molecule has 1 fully saturated rings. The van der Waals surface area contributed by atoms with Gasteiger partial charge in [-0.3, -0.25) is 4.90 Å². The number of benzene rings is 1. The minimum atomic E-state index is -0.861. The quantitative estimate of drug-likeness (QED) is 0.598. The van der Waals surface area contributed by atoms with Crippen molar-refractivity contribution >= 4 is 18.7 Å². The van der Waals surface area contributed by atoms with E-state index in [2.05, 4.69) is 39.8 Å². The highest BCUT2D eigenvalue weighted by atomic mass is 16.7. The normalized spacial score (nSPS) is 23.8. The second kappa shape index (κ2) is 7.07. The average Bonchev–Trinajstić information content (AvgIpc) is 2.68. The van der Waals surface area contributed by atoms with Crippen molar-refractivity contribution in [2.75, 3.05) is 0 Å². The summed E-state index contributed by atoms with van der Waals surface area (Å²) in [7, 11) is -0.393. The molecular weight excluding hydrogens is 353 g/mol. The highest BCUT2D eigenvalue weighted by Gasteiger charge is 2.51. The predicted molar refractivity (Wildman–Crippen MR) is 112 cm³/mol. The molecule has 0 spiro atoms. The summed E-state index contributed by atoms with van der Waals surface area (Å²) in [6, 6.07) is 6.18. The van der Waals surface area contributed by atoms with Crippen LogP contribution in [0.4, 0.5) is 4.79 Å². The van der Waals surface area contributed by atoms with Gasteiger partial charge < -0.3 is 14.4 Å². The van der Waals surface area contributed by atoms with Gasteiger partial charge in [0.25, 0.3) is 0 Å². The van der Waals surface area contributed by atoms with Crippen molar-refractivity contribution in [2.45, 2.75) is 96.9 Å². The molecule has 0 aromatic heterocycles. The summed E-state index contributed by atoms with van der Waals surface area (Å²) < 4.78 is 12.4. The Morgan fingerprint density at radius 1 is 1.14 bits per heavy atom. The number of carbonyl (C=O) groups is 1. The predicted octanol–water partition coefficient (Wildman–Crippen LogP) is 4.53. The van der Waals surface area contributed by atoms with Crippen molar-refractivity contribution in [1.29, 1.82) is 0 Å². The monoisotopic (exact) mass is 387 g/mol. The largest absolute Gasteiger partial charge is 0.494 e. The fourth-order valence-electron chi connectivity index (χ4n) is 4.26. The number of rotatable bonds is 2. The first-order chi connectivity index (χ1) is 12.8. The Morgan fingerprint density at radius 2 is 1.75 bits per heavy atom. The SMILES string of the molecule is CC(C)(C)N(C(=O)O)C1CCCCc2cc(B3OC(C)(C)C(C)(C)O3)ccc21. The van der Waals surface area contributed by atoms with E-state index in [1.165, 1.54) is 5.56 Å². The molecule has 1 N–H and O–H groups in total. The van der Waals surface area contributed by atoms with Gasteiger partial charge in [0.05, 0.1) is 17.2 Å². The first-order valence-electron chi connectivity index (χ1n) is 10.3. The molecule has 1 amide bonds. The summed E-state index contributed by atoms with van der Waals surface area (Å²) >= 11 is 0. The Morgan fingerprint density at radius 3 is 2.29 bits per heavy atom. The van der Waals surface area contributed by atoms with Crippen LogP contribution in [-0.2, 0) is 15.7 Å². The maximum atomic E-state index is 12.1. The standard InChI is InChI=1S/C22H34BNO4/c1-20(2,3)24(19(25)26)18-11-9-8-10-15-14-16(12-13-17(15)18)23-27-21(4,5)22(6,7)28-23/h12-14,18H,8-11H2,1-7H3,(H,25,26). The Balaban J connectivity index is 1.97. The average molecular weight is 387 g/mol. The van der Waals surface area contributed by atoms with Crippen molar-refractivity contribution in [2.24, 2.45) is 0 Å². The summed E-state index contributed by atoms with van der Waals surface area (Å²) in [6.07, 6.45) is 3.03. The van der Waals surface area contributed by atoms with Crippen molar-refractivity contribution in [3.05, 3.63) is 29.3 Å². The maximum Gasteiger partial charge on any atom is 0.494 e. The van der Waals surface area contributed by atoms with E-state index in [9.17, 15) is 9.90 Å². The summed E-state index contributed by atoms with van der Waals surface area (Å²) in [6.45, 7) is 14.1. The molecule has 1 atom stereocenters. The van der Waals surface area contributed by atoms with E-state index in [1.54, 1.807) is 4.90 Å². The molecule has 1 heterocycles. The van der Waals surface area contributed by atoms with Crippen LogP contribution in [-0.4, -0.2) is 40.0 Å². The van der Waals surface area contributed by atoms with Gasteiger partial charge in [0.1, 0.15) is 0 Å². The first kappa shape index (κ1) is 21.2. The second-order valence-electron chi connectivity index (χ2n) is 10.1. The molecule has 1 saturated heterocycles. The summed E-state index contributed by atoms with van der Waals surface area (Å²) in [5.41, 5.74) is 2.14. The number of amides is 1. The third kappa shape index (κ3) is 3.81. The topological polar surface area (TPSA) is 59.0 Å². The van der Waals surface area contributed by atoms with E-state index in [-0.39, 0.29) is 17.2 Å². The fraction of sp³-hybridized carbons (Fsp3) is 0.682. The molecule has 1 aromatic carbocycles. The van der Waals surface area contributed by atoms with Gasteiger partial charge in [0, 0.05) is 5.54 Å². The van der Waals surface area contributed by atoms with Crippen LogP contribution in [0.25, 0.3) is 0 Å². The van der Waals surface area contributed by atoms with Crippen LogP contribution < -0.4 is 5.46 Å². The van der Waals surface area contributed by atoms with Gasteiger partial charge in [-0.15, -0.1) is 0 Å². The van der Waals surface area contributed by atoms with Gasteiger partial charge >= 0.3 is 13.2 Å². The molecule has 0 bridgehead atoms. The molecule has 2 aliphatic rings. The molecule has 1 aliphatic carbocycles. The lowest BCUT2D eigenvalue weighted by atomic mass is 9.77. The highest BCUT2D eigenvalue weighted by Crippen LogP contribution is 2.39. The van der Waals surface area contributed by atoms with Crippen molar-refractivity contribution in [1.82, 2.24) is 4.90 Å². The van der Waals surface area contributed by atoms with Crippen LogP contribution in [0.15, 0.2) is 18.2 Å². The Hall–Kier alpha value is -1.53. The van der Waals surface area contributed by atoms with Gasteiger partial charge in [-0.2, -0.15) is 0 Å². The molecule has 28 heavy (non-hydrogen) atoms. The zero-order valence-corrected chi connectivity index (χ0v) is 18.3. The molecular formula is C22H34BNO4. The van der Waals surface area contributed by atoms with Gasteiger partial charge in [-0.05, 0) is 84.3 Å². The van der Waals surface area contributed by atoms with E-state index in [1.807, 2.05) is 26.8 Å². The Kier molecular flexibility index (Phi) is 5.35. The van der Waals surface area contributed by atoms with Gasteiger partial charge in [0.15, 0.2) is 0 Å². The molecule has 3 rings (SSSR count).